The number of aromatic hydroxyl groups is 1. The summed E-state index contributed by atoms with van der Waals surface area (Å²) in [5.74, 6) is -3.41. The third kappa shape index (κ3) is 6.71. The lowest BCUT2D eigenvalue weighted by atomic mass is 9.94. The van der Waals surface area contributed by atoms with E-state index in [1.807, 2.05) is 11.8 Å². The number of benzene rings is 2. The minimum Gasteiger partial charge on any atom is -0.508 e. The molecule has 0 aliphatic carbocycles. The molecule has 52 heavy (non-hydrogen) atoms. The number of ketones is 1. The number of nitrogens with zero attached hydrogens (tertiary/aromatic N) is 5. The van der Waals surface area contributed by atoms with Crippen LogP contribution < -0.4 is 15.0 Å². The Morgan fingerprint density at radius 1 is 1.13 bits per heavy atom. The van der Waals surface area contributed by atoms with Gasteiger partial charge in [-0.3, -0.25) is 9.69 Å². The van der Waals surface area contributed by atoms with E-state index in [4.69, 9.17) is 16.3 Å². The molecule has 9 nitrogen and oxygen atoms in total. The lowest BCUT2D eigenvalue weighted by Gasteiger charge is -2.39. The van der Waals surface area contributed by atoms with E-state index in [-0.39, 0.29) is 102 Å². The van der Waals surface area contributed by atoms with Gasteiger partial charge in [0.05, 0.1) is 10.9 Å². The van der Waals surface area contributed by atoms with Crippen LogP contribution in [0.25, 0.3) is 32.9 Å². The highest BCUT2D eigenvalue weighted by molar-refractivity contribution is 6.35. The monoisotopic (exact) mass is 750 g/mol. The molecule has 3 saturated heterocycles. The van der Waals surface area contributed by atoms with Gasteiger partial charge in [-0.25, -0.2) is 18.2 Å². The molecule has 16 heteroatoms. The molecule has 2 aromatic heterocycles. The van der Waals surface area contributed by atoms with Crippen LogP contribution in [0, 0.1) is 11.6 Å². The van der Waals surface area contributed by atoms with Crippen molar-refractivity contribution in [3.63, 3.8) is 0 Å². The topological polar surface area (TPSA) is 104 Å². The smallest absolute Gasteiger partial charge is 0.449 e. The zero-order valence-corrected chi connectivity index (χ0v) is 29.2. The van der Waals surface area contributed by atoms with Gasteiger partial charge >= 0.3 is 12.2 Å². The zero-order chi connectivity index (χ0) is 37.1. The number of ether oxygens (including phenoxy) is 1. The molecule has 7 rings (SSSR count). The third-order valence-corrected chi connectivity index (χ3v) is 10.8. The molecule has 0 radical (unpaired) electrons. The number of carbonyl (C=O) groups excluding carboxylic acids is 1. The van der Waals surface area contributed by atoms with Crippen LogP contribution in [0.2, 0.25) is 5.15 Å². The predicted molar refractivity (Wildman–Crippen MR) is 184 cm³/mol. The summed E-state index contributed by atoms with van der Waals surface area (Å²) in [6.07, 6.45) is -4.78. The molecule has 3 unspecified atom stereocenters. The number of fused-ring (bicyclic) bond motifs is 3. The van der Waals surface area contributed by atoms with Gasteiger partial charge in [0.25, 0.3) is 0 Å². The molecule has 2 aromatic carbocycles. The van der Waals surface area contributed by atoms with Crippen molar-refractivity contribution in [2.45, 2.75) is 82.3 Å². The Morgan fingerprint density at radius 2 is 1.92 bits per heavy atom. The fourth-order valence-electron chi connectivity index (χ4n) is 8.22. The van der Waals surface area contributed by atoms with Gasteiger partial charge in [0.2, 0.25) is 5.78 Å². The average molecular weight is 751 g/mol. The van der Waals surface area contributed by atoms with Crippen LogP contribution in [0.15, 0.2) is 24.3 Å². The van der Waals surface area contributed by atoms with Crippen LogP contribution in [0.4, 0.5) is 32.2 Å². The summed E-state index contributed by atoms with van der Waals surface area (Å²) in [6, 6.07) is 4.36. The van der Waals surface area contributed by atoms with Crippen molar-refractivity contribution in [1.29, 1.82) is 0 Å². The van der Waals surface area contributed by atoms with Crippen LogP contribution in [0.1, 0.15) is 51.5 Å². The zero-order valence-electron chi connectivity index (χ0n) is 28.5. The number of carbonyl (C=O) groups is 1. The number of alkyl halides is 4. The van der Waals surface area contributed by atoms with E-state index in [1.54, 1.807) is 11.8 Å². The number of hydrogen-bond acceptors (Lipinski definition) is 9. The van der Waals surface area contributed by atoms with Gasteiger partial charge in [0.1, 0.15) is 46.5 Å². The summed E-state index contributed by atoms with van der Waals surface area (Å²) in [4.78, 5) is 29.0. The molecular formula is C36H37ClF6N6O3. The standard InChI is InChI=1S/C36H37ClF6N6O3/c1-3-23-25(39)7-5-19-11-22(50)12-24(27(19)23)30-29(40)31-28(32(37)45-30)33(48-14-18(2)44-21(16-48)6-8-26(51)36(41,42)43)47-34(46-31)52-17-35-9-4-10-49(35)15-20(38)13-35/h5,7,11-12,18,20-21,44,50H,3-4,6,8-10,13-17H2,1-2H3/t18?,20?,21?,35-/m0/s1. The molecule has 0 saturated carbocycles. The Kier molecular flexibility index (Phi) is 9.66. The highest BCUT2D eigenvalue weighted by Gasteiger charge is 2.49. The molecule has 0 spiro atoms. The molecule has 2 N–H and O–H groups in total. The molecule has 3 aliphatic heterocycles. The first-order chi connectivity index (χ1) is 24.7. The molecule has 3 fully saturated rings. The Labute approximate surface area is 300 Å². The maximum absolute atomic E-state index is 17.1. The molecular weight excluding hydrogens is 714 g/mol. The number of nitrogens with one attached hydrogen (secondary N) is 1. The molecule has 0 amide bonds. The lowest BCUT2D eigenvalue weighted by Crippen LogP contribution is -2.56. The fraction of sp³-hybridized carbons (Fsp3) is 0.500. The van der Waals surface area contributed by atoms with Gasteiger partial charge in [-0.2, -0.15) is 23.1 Å². The Balaban J connectivity index is 1.35. The van der Waals surface area contributed by atoms with Crippen LogP contribution in [0.5, 0.6) is 11.8 Å². The van der Waals surface area contributed by atoms with E-state index in [1.165, 1.54) is 24.3 Å². The summed E-state index contributed by atoms with van der Waals surface area (Å²) in [7, 11) is 0. The van der Waals surface area contributed by atoms with Crippen molar-refractivity contribution < 1.29 is 41.0 Å². The summed E-state index contributed by atoms with van der Waals surface area (Å²) in [5.41, 5.74) is -0.807. The Bertz CT molecular complexity index is 2050. The minimum absolute atomic E-state index is 0.00573. The van der Waals surface area contributed by atoms with Gasteiger partial charge in [0.15, 0.2) is 5.82 Å². The molecule has 4 atom stereocenters. The van der Waals surface area contributed by atoms with Crippen molar-refractivity contribution in [1.82, 2.24) is 25.2 Å². The van der Waals surface area contributed by atoms with Crippen LogP contribution >= 0.6 is 11.6 Å². The third-order valence-electron chi connectivity index (χ3n) is 10.5. The average Bonchev–Trinajstić information content (AvgIpc) is 3.62. The number of piperazine rings is 1. The number of halogens is 7. The second-order valence-corrected chi connectivity index (χ2v) is 14.4. The van der Waals surface area contributed by atoms with Crippen molar-refractivity contribution in [3.8, 4) is 23.0 Å². The first-order valence-corrected chi connectivity index (χ1v) is 17.7. The summed E-state index contributed by atoms with van der Waals surface area (Å²) >= 11 is 6.86. The number of phenolic OH excluding ortho intramolecular Hbond substituents is 1. The number of anilines is 1. The summed E-state index contributed by atoms with van der Waals surface area (Å²) < 4.78 is 91.9. The fourth-order valence-corrected chi connectivity index (χ4v) is 8.48. The Hall–Kier alpha value is -3.95. The molecule has 278 valence electrons. The number of pyridine rings is 1. The van der Waals surface area contributed by atoms with Gasteiger partial charge in [-0.05, 0) is 73.7 Å². The van der Waals surface area contributed by atoms with E-state index in [0.717, 1.165) is 6.42 Å². The van der Waals surface area contributed by atoms with Gasteiger partial charge in [-0.15, -0.1) is 0 Å². The Morgan fingerprint density at radius 3 is 2.67 bits per heavy atom. The maximum Gasteiger partial charge on any atom is 0.449 e. The highest BCUT2D eigenvalue weighted by Crippen LogP contribution is 2.43. The summed E-state index contributed by atoms with van der Waals surface area (Å²) in [6.45, 7) is 4.93. The second kappa shape index (κ2) is 13.8. The normalized spacial score (nSPS) is 23.9. The molecule has 3 aliphatic rings. The first-order valence-electron chi connectivity index (χ1n) is 17.3. The van der Waals surface area contributed by atoms with Crippen LogP contribution in [-0.4, -0.2) is 93.5 Å². The number of Topliss-reactive ketones (excluding diaryl/α,β-unsaturated/α-hetero) is 1. The van der Waals surface area contributed by atoms with Gasteiger partial charge < -0.3 is 20.1 Å². The number of phenols is 1. The maximum atomic E-state index is 17.1. The van der Waals surface area contributed by atoms with Crippen LogP contribution in [0.3, 0.4) is 0 Å². The minimum atomic E-state index is -4.95. The van der Waals surface area contributed by atoms with Gasteiger partial charge in [0, 0.05) is 50.1 Å². The van der Waals surface area contributed by atoms with E-state index in [9.17, 15) is 27.5 Å². The van der Waals surface area contributed by atoms with E-state index in [0.29, 0.717) is 23.7 Å². The number of aryl methyl sites for hydroxylation is 1. The van der Waals surface area contributed by atoms with Crippen molar-refractivity contribution in [2.24, 2.45) is 0 Å². The van der Waals surface area contributed by atoms with E-state index < -0.39 is 47.8 Å². The highest BCUT2D eigenvalue weighted by atomic mass is 35.5. The van der Waals surface area contributed by atoms with Crippen molar-refractivity contribution in [3.05, 3.63) is 46.6 Å². The van der Waals surface area contributed by atoms with E-state index >= 15 is 8.78 Å². The van der Waals surface area contributed by atoms with Crippen molar-refractivity contribution >= 4 is 44.9 Å². The lowest BCUT2D eigenvalue weighted by molar-refractivity contribution is -0.171. The molecule has 0 bridgehead atoms. The quantitative estimate of drug-likeness (QED) is 0.137. The largest absolute Gasteiger partial charge is 0.508 e. The first kappa shape index (κ1) is 36.4. The van der Waals surface area contributed by atoms with E-state index in [2.05, 4.69) is 20.3 Å². The van der Waals surface area contributed by atoms with Gasteiger partial charge in [-0.1, -0.05) is 24.6 Å². The molecule has 5 heterocycles. The number of hydrogen-bond donors (Lipinski definition) is 2. The van der Waals surface area contributed by atoms with Crippen LogP contribution in [-0.2, 0) is 11.2 Å². The SMILES string of the molecule is CCc1c(F)ccc2cc(O)cc(-c3nc(Cl)c4c(N5CC(C)NC(CCC(=O)C(F)(F)F)C5)nc(OC[C@@]56CCCN5CC(F)C6)nc4c3F)c12. The second-order valence-electron chi connectivity index (χ2n) is 14.1. The number of aromatic nitrogens is 3. The number of rotatable bonds is 9. The summed E-state index contributed by atoms with van der Waals surface area (Å²) in [5, 5.41) is 14.4. The van der Waals surface area contributed by atoms with Crippen molar-refractivity contribution in [2.75, 3.05) is 37.7 Å². The molecule has 4 aromatic rings. The predicted octanol–water partition coefficient (Wildman–Crippen LogP) is 7.08.